The Bertz CT molecular complexity index is 882. The third-order valence-corrected chi connectivity index (χ3v) is 5.41. The average Bonchev–Trinajstić information content (AvgIpc) is 2.56. The summed E-state index contributed by atoms with van der Waals surface area (Å²) in [5.41, 5.74) is 1.45. The van der Waals surface area contributed by atoms with E-state index < -0.39 is 5.92 Å². The van der Waals surface area contributed by atoms with Crippen LogP contribution in [-0.4, -0.2) is 11.6 Å². The monoisotopic (exact) mass is 404 g/mol. The van der Waals surface area contributed by atoms with Gasteiger partial charge in [0, 0.05) is 17.9 Å². The Labute approximate surface area is 169 Å². The number of halogens is 2. The molecule has 0 atom stereocenters. The van der Waals surface area contributed by atoms with Crippen molar-refractivity contribution in [3.05, 3.63) is 57.6 Å². The lowest BCUT2D eigenvalue weighted by atomic mass is 9.69. The van der Waals surface area contributed by atoms with Crippen LogP contribution in [0.1, 0.15) is 50.7 Å². The number of aryl methyl sites for hydroxylation is 1. The highest BCUT2D eigenvalue weighted by Crippen LogP contribution is 2.40. The molecule has 0 saturated heterocycles. The number of rotatable bonds is 4. The lowest BCUT2D eigenvalue weighted by Crippen LogP contribution is -2.36. The molecule has 0 heterocycles. The van der Waals surface area contributed by atoms with Crippen molar-refractivity contribution >= 4 is 34.8 Å². The van der Waals surface area contributed by atoms with Crippen LogP contribution in [0, 0.1) is 5.41 Å². The first-order valence-corrected chi connectivity index (χ1v) is 9.77. The molecular weight excluding hydrogens is 383 g/mol. The van der Waals surface area contributed by atoms with E-state index in [2.05, 4.69) is 0 Å². The fraction of sp³-hybridized carbons (Fsp3) is 0.364. The van der Waals surface area contributed by atoms with Gasteiger partial charge in [-0.15, -0.1) is 0 Å². The fourth-order valence-electron chi connectivity index (χ4n) is 3.65. The molecule has 1 aliphatic rings. The Balaban J connectivity index is 1.97. The molecule has 0 radical (unpaired) electrons. The lowest BCUT2D eigenvalue weighted by molar-refractivity contribution is -0.135. The quantitative estimate of drug-likeness (QED) is 0.554. The van der Waals surface area contributed by atoms with Gasteiger partial charge in [0.15, 0.2) is 0 Å². The molecule has 0 spiro atoms. The van der Waals surface area contributed by atoms with Gasteiger partial charge in [-0.1, -0.05) is 50.0 Å². The van der Waals surface area contributed by atoms with Gasteiger partial charge in [0.25, 0.3) is 0 Å². The number of ketones is 2. The zero-order chi connectivity index (χ0) is 19.8. The summed E-state index contributed by atoms with van der Waals surface area (Å²) in [4.78, 5) is 25.5. The largest absolute Gasteiger partial charge is 0.456 e. The summed E-state index contributed by atoms with van der Waals surface area (Å²) in [6.07, 6.45) is 1.54. The van der Waals surface area contributed by atoms with Gasteiger partial charge in [-0.3, -0.25) is 9.59 Å². The smallest absolute Gasteiger partial charge is 0.148 e. The number of hydrogen-bond acceptors (Lipinski definition) is 3. The van der Waals surface area contributed by atoms with Crippen LogP contribution in [0.4, 0.5) is 0 Å². The van der Waals surface area contributed by atoms with E-state index in [0.717, 1.165) is 17.5 Å². The van der Waals surface area contributed by atoms with E-state index in [9.17, 15) is 9.59 Å². The Morgan fingerprint density at radius 3 is 2.30 bits per heavy atom. The molecule has 27 heavy (non-hydrogen) atoms. The number of Topliss-reactive ketones (excluding diaryl/α,β-unsaturated/α-hetero) is 2. The molecule has 3 rings (SSSR count). The van der Waals surface area contributed by atoms with Crippen molar-refractivity contribution in [2.24, 2.45) is 5.41 Å². The number of benzene rings is 2. The van der Waals surface area contributed by atoms with Crippen molar-refractivity contribution in [1.29, 1.82) is 0 Å². The minimum Gasteiger partial charge on any atom is -0.456 e. The van der Waals surface area contributed by atoms with Crippen molar-refractivity contribution in [2.75, 3.05) is 0 Å². The molecule has 3 nitrogen and oxygen atoms in total. The maximum Gasteiger partial charge on any atom is 0.148 e. The van der Waals surface area contributed by atoms with Gasteiger partial charge < -0.3 is 4.74 Å². The molecule has 0 aromatic heterocycles. The molecular formula is C22H22Cl2O3. The molecule has 2 aromatic rings. The fourth-order valence-corrected chi connectivity index (χ4v) is 4.10. The normalized spacial score (nSPS) is 17.2. The first kappa shape index (κ1) is 19.9. The third-order valence-electron chi connectivity index (χ3n) is 4.88. The van der Waals surface area contributed by atoms with Gasteiger partial charge in [0.05, 0.1) is 5.02 Å². The van der Waals surface area contributed by atoms with Crippen LogP contribution in [0.25, 0.3) is 0 Å². The molecule has 0 bridgehead atoms. The molecule has 0 amide bonds. The van der Waals surface area contributed by atoms with Crippen LogP contribution in [0.2, 0.25) is 10.0 Å². The van der Waals surface area contributed by atoms with Crippen molar-refractivity contribution in [2.45, 2.75) is 46.0 Å². The predicted molar refractivity (Wildman–Crippen MR) is 108 cm³/mol. The highest BCUT2D eigenvalue weighted by molar-refractivity contribution is 6.35. The maximum atomic E-state index is 12.8. The summed E-state index contributed by atoms with van der Waals surface area (Å²) in [7, 11) is 0. The summed E-state index contributed by atoms with van der Waals surface area (Å²) < 4.78 is 5.89. The zero-order valence-corrected chi connectivity index (χ0v) is 17.2. The second-order valence-electron chi connectivity index (χ2n) is 7.77. The lowest BCUT2D eigenvalue weighted by Gasteiger charge is -2.33. The minimum absolute atomic E-state index is 0.0207. The number of carbonyl (C=O) groups excluding carboxylic acids is 2. The van der Waals surface area contributed by atoms with Crippen LogP contribution < -0.4 is 4.74 Å². The van der Waals surface area contributed by atoms with Gasteiger partial charge in [0.2, 0.25) is 0 Å². The molecule has 2 aromatic carbocycles. The van der Waals surface area contributed by atoms with Crippen LogP contribution in [0.3, 0.4) is 0 Å². The Kier molecular flexibility index (Phi) is 5.64. The van der Waals surface area contributed by atoms with Gasteiger partial charge in [-0.2, -0.15) is 0 Å². The van der Waals surface area contributed by atoms with Crippen LogP contribution in [-0.2, 0) is 16.0 Å². The van der Waals surface area contributed by atoms with E-state index in [0.29, 0.717) is 34.4 Å². The van der Waals surface area contributed by atoms with E-state index >= 15 is 0 Å². The Morgan fingerprint density at radius 1 is 1.04 bits per heavy atom. The molecule has 0 aliphatic heterocycles. The summed E-state index contributed by atoms with van der Waals surface area (Å²) in [5, 5.41) is 0.922. The van der Waals surface area contributed by atoms with E-state index in [1.165, 1.54) is 0 Å². The minimum atomic E-state index is -0.711. The van der Waals surface area contributed by atoms with E-state index in [1.54, 1.807) is 24.3 Å². The van der Waals surface area contributed by atoms with Gasteiger partial charge in [0.1, 0.15) is 29.0 Å². The van der Waals surface area contributed by atoms with E-state index in [-0.39, 0.29) is 17.0 Å². The van der Waals surface area contributed by atoms with Crippen molar-refractivity contribution < 1.29 is 14.3 Å². The van der Waals surface area contributed by atoms with Crippen molar-refractivity contribution in [3.8, 4) is 11.5 Å². The van der Waals surface area contributed by atoms with Gasteiger partial charge in [-0.05, 0) is 53.3 Å². The number of carbonyl (C=O) groups is 2. The third kappa shape index (κ3) is 4.36. The van der Waals surface area contributed by atoms with Crippen molar-refractivity contribution in [1.82, 2.24) is 0 Å². The second kappa shape index (κ2) is 7.65. The Hall–Kier alpha value is -1.84. The van der Waals surface area contributed by atoms with Crippen LogP contribution in [0.15, 0.2) is 36.4 Å². The topological polar surface area (TPSA) is 43.4 Å². The molecule has 1 fully saturated rings. The molecule has 0 N–H and O–H groups in total. The van der Waals surface area contributed by atoms with Crippen LogP contribution in [0.5, 0.6) is 11.5 Å². The average molecular weight is 405 g/mol. The van der Waals surface area contributed by atoms with Gasteiger partial charge >= 0.3 is 0 Å². The van der Waals surface area contributed by atoms with Crippen molar-refractivity contribution in [3.63, 3.8) is 0 Å². The maximum absolute atomic E-state index is 12.8. The van der Waals surface area contributed by atoms with Gasteiger partial charge in [-0.25, -0.2) is 0 Å². The highest BCUT2D eigenvalue weighted by Gasteiger charge is 2.41. The van der Waals surface area contributed by atoms with E-state index in [1.807, 2.05) is 32.9 Å². The molecule has 0 unspecified atom stereocenters. The van der Waals surface area contributed by atoms with E-state index in [4.69, 9.17) is 27.9 Å². The first-order valence-electron chi connectivity index (χ1n) is 9.01. The molecule has 142 valence electrons. The summed E-state index contributed by atoms with van der Waals surface area (Å²) >= 11 is 12.1. The summed E-state index contributed by atoms with van der Waals surface area (Å²) in [6.45, 7) is 5.93. The number of ether oxygens (including phenoxy) is 1. The molecule has 1 saturated carbocycles. The summed E-state index contributed by atoms with van der Waals surface area (Å²) in [5.74, 6) is 0.257. The highest BCUT2D eigenvalue weighted by atomic mass is 35.5. The molecule has 5 heteroatoms. The standard InChI is InChI=1S/C22H22Cl2O3/c1-4-13-5-7-15(27-20-8-6-14(23)9-17(20)24)10-16(13)21-18(25)11-22(2,3)12-19(21)26/h5-10,21H,4,11-12H2,1-3H3. The predicted octanol–water partition coefficient (Wildman–Crippen LogP) is 6.39. The zero-order valence-electron chi connectivity index (χ0n) is 15.6. The SMILES string of the molecule is CCc1ccc(Oc2ccc(Cl)cc2Cl)cc1C1C(=O)CC(C)(C)CC1=O. The molecule has 1 aliphatic carbocycles. The summed E-state index contributed by atoms with van der Waals surface area (Å²) in [6, 6.07) is 10.5. The Morgan fingerprint density at radius 2 is 1.70 bits per heavy atom. The second-order valence-corrected chi connectivity index (χ2v) is 8.62. The first-order chi connectivity index (χ1) is 12.7. The number of hydrogen-bond donors (Lipinski definition) is 0. The van der Waals surface area contributed by atoms with Crippen LogP contribution >= 0.6 is 23.2 Å².